The molecule has 0 radical (unpaired) electrons. The molecule has 10 N–H and O–H groups in total. The number of benzene rings is 3. The van der Waals surface area contributed by atoms with Gasteiger partial charge in [-0.05, 0) is 36.8 Å². The zero-order valence-corrected chi connectivity index (χ0v) is 25.6. The van der Waals surface area contributed by atoms with Crippen molar-refractivity contribution in [3.8, 4) is 17.2 Å². The fourth-order valence-corrected chi connectivity index (χ4v) is 6.44. The second-order valence-electron chi connectivity index (χ2n) is 12.2. The number of aryl methyl sites for hydroxylation is 1. The molecule has 0 unspecified atom stereocenters. The minimum atomic E-state index is -2.80. The van der Waals surface area contributed by atoms with Gasteiger partial charge < -0.3 is 70.0 Å². The first-order chi connectivity index (χ1) is 23.2. The molecule has 0 bridgehead atoms. The van der Waals surface area contributed by atoms with Crippen LogP contribution < -0.4 is 4.74 Å². The van der Waals surface area contributed by atoms with Gasteiger partial charge in [-0.3, -0.25) is 4.79 Å². The second kappa shape index (κ2) is 12.9. The summed E-state index contributed by atoms with van der Waals surface area (Å²) >= 11 is 0. The molecule has 0 saturated carbocycles. The van der Waals surface area contributed by atoms with Gasteiger partial charge >= 0.3 is 5.97 Å². The number of esters is 1. The Hall–Kier alpha value is -4.20. The van der Waals surface area contributed by atoms with Crippen molar-refractivity contribution in [1.29, 1.82) is 0 Å². The summed E-state index contributed by atoms with van der Waals surface area (Å²) in [4.78, 5) is 27.0. The van der Waals surface area contributed by atoms with E-state index in [0.717, 1.165) is 12.1 Å². The molecule has 11 atom stereocenters. The van der Waals surface area contributed by atoms with Crippen LogP contribution in [0.25, 0.3) is 0 Å². The maximum Gasteiger partial charge on any atom is 0.340 e. The third-order valence-corrected chi connectivity index (χ3v) is 8.93. The van der Waals surface area contributed by atoms with E-state index in [-0.39, 0.29) is 11.1 Å². The maximum atomic E-state index is 14.1. The lowest BCUT2D eigenvalue weighted by atomic mass is 9.68. The number of hydrogen-bond donors (Lipinski definition) is 10. The van der Waals surface area contributed by atoms with Crippen molar-refractivity contribution < 1.29 is 79.6 Å². The van der Waals surface area contributed by atoms with Crippen LogP contribution in [0.15, 0.2) is 54.6 Å². The van der Waals surface area contributed by atoms with Crippen molar-refractivity contribution in [1.82, 2.24) is 0 Å². The summed E-state index contributed by atoms with van der Waals surface area (Å²) in [5, 5.41) is 108. The number of ether oxygens (including phenoxy) is 4. The molecule has 16 heteroatoms. The van der Waals surface area contributed by atoms with Gasteiger partial charge in [0, 0.05) is 17.2 Å². The van der Waals surface area contributed by atoms with Crippen molar-refractivity contribution in [3.05, 3.63) is 88.0 Å². The van der Waals surface area contributed by atoms with Crippen LogP contribution >= 0.6 is 0 Å². The molecule has 262 valence electrons. The number of phenolic OH excluding ortho intramolecular Hbond substituents is 2. The monoisotopic (exact) mass is 686 g/mol. The Kier molecular flexibility index (Phi) is 9.14. The number of carbonyl (C=O) groups is 2. The lowest BCUT2D eigenvalue weighted by Crippen LogP contribution is -2.65. The number of rotatable bonds is 6. The molecule has 0 amide bonds. The topological polar surface area (TPSA) is 273 Å². The summed E-state index contributed by atoms with van der Waals surface area (Å²) in [7, 11) is 0. The molecule has 49 heavy (non-hydrogen) atoms. The first kappa shape index (κ1) is 34.7. The van der Waals surface area contributed by atoms with Gasteiger partial charge in [-0.15, -0.1) is 0 Å². The Labute approximate surface area is 277 Å². The minimum Gasteiger partial charge on any atom is -0.508 e. The third-order valence-electron chi connectivity index (χ3n) is 8.93. The standard InChI is InChI=1S/C33H34O16/c1-12-7-15-20(17(36)8-12)23(38)21-16(9-14(35)10-18(21)46-31-27(42)24(39)22(37)19(11-34)47-31)33(15,45)29-26(41)25(40)28(43)32(48-29)49-30(44)13-5-3-2-4-6-13/h2-10,19,22,24-29,31-32,34-37,39-43,45H,11H2,1H3/t19-,22-,24+,25+,26+,27-,28+,29+,31-,32-,33-/m1/s1. The van der Waals surface area contributed by atoms with Crippen molar-refractivity contribution in [3.63, 3.8) is 0 Å². The van der Waals surface area contributed by atoms with Gasteiger partial charge in [0.25, 0.3) is 0 Å². The SMILES string of the molecule is Cc1cc(O)c2c(c1)[C@](O)([C@H]1O[C@H](OC(=O)c3ccccc3)[C@@H](O)[C@@H](O)[C@@H]1O)c1cc(O)cc(O[C@@H]3O[C@H](CO)[C@@H](O)[C@H](O)[C@H]3O)c1C2=O. The predicted octanol–water partition coefficient (Wildman–Crippen LogP) is -1.97. The number of fused-ring (bicyclic) bond motifs is 2. The first-order valence-electron chi connectivity index (χ1n) is 15.1. The fourth-order valence-electron chi connectivity index (χ4n) is 6.44. The van der Waals surface area contributed by atoms with Crippen LogP contribution in [0.4, 0.5) is 0 Å². The van der Waals surface area contributed by atoms with E-state index < -0.39 is 119 Å². The van der Waals surface area contributed by atoms with Crippen molar-refractivity contribution in [2.75, 3.05) is 6.61 Å². The Morgan fingerprint density at radius 1 is 0.796 bits per heavy atom. The van der Waals surface area contributed by atoms with E-state index in [1.54, 1.807) is 6.07 Å². The molecule has 1 aliphatic carbocycles. The average molecular weight is 687 g/mol. The molecule has 16 nitrogen and oxygen atoms in total. The van der Waals surface area contributed by atoms with E-state index in [9.17, 15) is 60.7 Å². The molecule has 2 saturated heterocycles. The minimum absolute atomic E-state index is 0.0357. The van der Waals surface area contributed by atoms with Gasteiger partial charge in [-0.2, -0.15) is 0 Å². The number of aliphatic hydroxyl groups is 8. The van der Waals surface area contributed by atoms with E-state index in [4.69, 9.17) is 18.9 Å². The van der Waals surface area contributed by atoms with Gasteiger partial charge in [0.1, 0.15) is 71.7 Å². The smallest absolute Gasteiger partial charge is 0.340 e. The van der Waals surface area contributed by atoms with E-state index in [0.29, 0.717) is 5.56 Å². The third kappa shape index (κ3) is 5.71. The summed E-state index contributed by atoms with van der Waals surface area (Å²) in [5.74, 6) is -3.90. The van der Waals surface area contributed by atoms with Gasteiger partial charge in [0.15, 0.2) is 0 Å². The lowest BCUT2D eigenvalue weighted by Gasteiger charge is -2.49. The molecule has 6 rings (SSSR count). The molecule has 3 aromatic rings. The summed E-state index contributed by atoms with van der Waals surface area (Å²) in [6.07, 6.45) is -19.3. The Balaban J connectivity index is 1.49. The van der Waals surface area contributed by atoms with Gasteiger partial charge in [-0.1, -0.05) is 24.3 Å². The highest BCUT2D eigenvalue weighted by atomic mass is 16.7. The van der Waals surface area contributed by atoms with E-state index in [1.165, 1.54) is 43.3 Å². The molecular formula is C33H34O16. The largest absolute Gasteiger partial charge is 0.508 e. The highest BCUT2D eigenvalue weighted by molar-refractivity contribution is 6.16. The Morgan fingerprint density at radius 2 is 1.43 bits per heavy atom. The molecule has 0 spiro atoms. The Bertz CT molecular complexity index is 1750. The maximum absolute atomic E-state index is 14.1. The number of carbonyl (C=O) groups excluding carboxylic acids is 2. The average Bonchev–Trinajstić information content (AvgIpc) is 3.07. The molecule has 2 fully saturated rings. The van der Waals surface area contributed by atoms with Crippen LogP contribution in [0, 0.1) is 6.92 Å². The quantitative estimate of drug-likeness (QED) is 0.126. The lowest BCUT2D eigenvalue weighted by molar-refractivity contribution is -0.308. The van der Waals surface area contributed by atoms with Gasteiger partial charge in [-0.25, -0.2) is 4.79 Å². The highest BCUT2D eigenvalue weighted by Gasteiger charge is 2.59. The normalized spacial score (nSPS) is 34.1. The summed E-state index contributed by atoms with van der Waals surface area (Å²) in [6.45, 7) is 0.695. The fraction of sp³-hybridized carbons (Fsp3) is 0.394. The number of phenols is 2. The molecule has 3 aliphatic rings. The predicted molar refractivity (Wildman–Crippen MR) is 160 cm³/mol. The van der Waals surface area contributed by atoms with Crippen LogP contribution in [0.3, 0.4) is 0 Å². The molecule has 0 aromatic heterocycles. The van der Waals surface area contributed by atoms with Crippen LogP contribution in [-0.2, 0) is 19.8 Å². The van der Waals surface area contributed by atoms with Crippen molar-refractivity contribution in [2.45, 2.75) is 73.9 Å². The molecule has 2 heterocycles. The second-order valence-corrected chi connectivity index (χ2v) is 12.2. The summed E-state index contributed by atoms with van der Waals surface area (Å²) in [5.41, 5.74) is -4.44. The Morgan fingerprint density at radius 3 is 2.10 bits per heavy atom. The van der Waals surface area contributed by atoms with E-state index in [2.05, 4.69) is 0 Å². The van der Waals surface area contributed by atoms with Crippen LogP contribution in [-0.4, -0.2) is 131 Å². The molecule has 3 aromatic carbocycles. The zero-order chi connectivity index (χ0) is 35.5. The van der Waals surface area contributed by atoms with E-state index in [1.807, 2.05) is 0 Å². The highest BCUT2D eigenvalue weighted by Crippen LogP contribution is 2.52. The number of aromatic hydroxyl groups is 2. The van der Waals surface area contributed by atoms with Gasteiger partial charge in [0.05, 0.1) is 23.3 Å². The van der Waals surface area contributed by atoms with Crippen molar-refractivity contribution in [2.24, 2.45) is 0 Å². The summed E-state index contributed by atoms with van der Waals surface area (Å²) < 4.78 is 22.3. The number of ketones is 1. The first-order valence-corrected chi connectivity index (χ1v) is 15.1. The molecular weight excluding hydrogens is 652 g/mol. The number of hydrogen-bond acceptors (Lipinski definition) is 16. The van der Waals surface area contributed by atoms with Crippen LogP contribution in [0.1, 0.15) is 43.0 Å². The summed E-state index contributed by atoms with van der Waals surface area (Å²) in [6, 6.07) is 11.8. The van der Waals surface area contributed by atoms with Crippen LogP contribution in [0.2, 0.25) is 0 Å². The molecule has 2 aliphatic heterocycles. The van der Waals surface area contributed by atoms with Gasteiger partial charge in [0.2, 0.25) is 18.4 Å². The van der Waals surface area contributed by atoms with E-state index >= 15 is 0 Å². The zero-order valence-electron chi connectivity index (χ0n) is 25.6. The van der Waals surface area contributed by atoms with Crippen molar-refractivity contribution >= 4 is 11.8 Å². The number of aliphatic hydroxyl groups excluding tert-OH is 7. The van der Waals surface area contributed by atoms with Crippen LogP contribution in [0.5, 0.6) is 17.2 Å².